The number of thioether (sulfide) groups is 1. The first-order valence-electron chi connectivity index (χ1n) is 9.34. The molecule has 1 amide bonds. The summed E-state index contributed by atoms with van der Waals surface area (Å²) in [7, 11) is 1.75. The minimum atomic E-state index is -0.376. The molecule has 8 nitrogen and oxygen atoms in total. The number of pyridine rings is 1. The highest BCUT2D eigenvalue weighted by atomic mass is 32.2. The van der Waals surface area contributed by atoms with Crippen molar-refractivity contribution in [1.29, 1.82) is 0 Å². The zero-order valence-electron chi connectivity index (χ0n) is 16.9. The monoisotopic (exact) mass is 412 g/mol. The highest BCUT2D eigenvalue weighted by molar-refractivity contribution is 7.99. The maximum Gasteiger partial charge on any atom is 0.268 e. The lowest BCUT2D eigenvalue weighted by Gasteiger charge is -2.13. The molecule has 9 heteroatoms. The quantitative estimate of drug-likeness (QED) is 0.473. The highest BCUT2D eigenvalue weighted by Gasteiger charge is 2.16. The van der Waals surface area contributed by atoms with Crippen molar-refractivity contribution in [3.05, 3.63) is 63.6 Å². The average Bonchev–Trinajstić information content (AvgIpc) is 3.10. The van der Waals surface area contributed by atoms with Crippen molar-refractivity contribution in [3.63, 3.8) is 0 Å². The van der Waals surface area contributed by atoms with Gasteiger partial charge in [-0.1, -0.05) is 37.7 Å². The van der Waals surface area contributed by atoms with Gasteiger partial charge in [0, 0.05) is 31.2 Å². The third-order valence-corrected chi connectivity index (χ3v) is 5.56. The lowest BCUT2D eigenvalue weighted by Crippen LogP contribution is -2.34. The number of hydrogen-bond acceptors (Lipinski definition) is 6. The van der Waals surface area contributed by atoms with Crippen molar-refractivity contribution in [1.82, 2.24) is 30.1 Å². The molecule has 0 aliphatic heterocycles. The molecule has 0 spiro atoms. The molecule has 0 aliphatic rings. The number of benzene rings is 1. The summed E-state index contributed by atoms with van der Waals surface area (Å²) in [6.45, 7) is 6.37. The largest absolute Gasteiger partial charge is 0.351 e. The van der Waals surface area contributed by atoms with E-state index in [0.717, 1.165) is 11.3 Å². The zero-order chi connectivity index (χ0) is 21.0. The Hall–Kier alpha value is -2.94. The predicted octanol–water partition coefficient (Wildman–Crippen LogP) is 2.31. The number of amides is 1. The number of hydrogen-bond donors (Lipinski definition) is 1. The fraction of sp³-hybridized carbons (Fsp3) is 0.350. The van der Waals surface area contributed by atoms with Gasteiger partial charge in [0.05, 0.1) is 0 Å². The summed E-state index contributed by atoms with van der Waals surface area (Å²) in [5, 5.41) is 14.7. The molecule has 0 radical (unpaired) electrons. The van der Waals surface area contributed by atoms with Gasteiger partial charge in [0.15, 0.2) is 0 Å². The standard InChI is InChI=1S/C20H24N6O2S/c1-13(2)15-6-5-7-16(12-15)26-10-8-14(3)17(19(26)28)18(27)21-9-11-29-20-22-23-24-25(20)4/h5-8,10,12-13H,9,11H2,1-4H3,(H,21,27). The van der Waals surface area contributed by atoms with Crippen LogP contribution >= 0.6 is 11.8 Å². The lowest BCUT2D eigenvalue weighted by molar-refractivity contribution is 0.0953. The second-order valence-corrected chi connectivity index (χ2v) is 8.05. The van der Waals surface area contributed by atoms with Crippen molar-refractivity contribution in [2.75, 3.05) is 12.3 Å². The van der Waals surface area contributed by atoms with Gasteiger partial charge in [-0.25, -0.2) is 4.68 Å². The summed E-state index contributed by atoms with van der Waals surface area (Å²) in [6, 6.07) is 9.60. The van der Waals surface area contributed by atoms with Gasteiger partial charge in [-0.05, 0) is 52.6 Å². The molecule has 3 aromatic rings. The van der Waals surface area contributed by atoms with E-state index in [2.05, 4.69) is 34.7 Å². The number of nitrogens with one attached hydrogen (secondary N) is 1. The number of aromatic nitrogens is 5. The van der Waals surface area contributed by atoms with Gasteiger partial charge < -0.3 is 5.32 Å². The van der Waals surface area contributed by atoms with Gasteiger partial charge in [0.2, 0.25) is 5.16 Å². The Balaban J connectivity index is 1.76. The van der Waals surface area contributed by atoms with Crippen LogP contribution in [0.4, 0.5) is 0 Å². The van der Waals surface area contributed by atoms with Crippen LogP contribution < -0.4 is 10.9 Å². The zero-order valence-corrected chi connectivity index (χ0v) is 17.7. The fourth-order valence-corrected chi connectivity index (χ4v) is 3.58. The Labute approximate surface area is 173 Å². The van der Waals surface area contributed by atoms with E-state index in [1.165, 1.54) is 16.3 Å². The van der Waals surface area contributed by atoms with Crippen LogP contribution in [0.1, 0.15) is 41.3 Å². The van der Waals surface area contributed by atoms with Crippen LogP contribution in [0.15, 0.2) is 46.5 Å². The summed E-state index contributed by atoms with van der Waals surface area (Å²) in [6.07, 6.45) is 1.71. The topological polar surface area (TPSA) is 94.7 Å². The van der Waals surface area contributed by atoms with E-state index in [1.807, 2.05) is 24.3 Å². The molecule has 152 valence electrons. The molecule has 0 atom stereocenters. The number of aryl methyl sites for hydroxylation is 2. The SMILES string of the molecule is Cc1ccn(-c2cccc(C(C)C)c2)c(=O)c1C(=O)NCCSc1nnnn1C. The van der Waals surface area contributed by atoms with Gasteiger partial charge in [-0.3, -0.25) is 14.2 Å². The number of rotatable bonds is 7. The molecular weight excluding hydrogens is 388 g/mol. The van der Waals surface area contributed by atoms with E-state index in [-0.39, 0.29) is 17.0 Å². The Morgan fingerprint density at radius 1 is 1.28 bits per heavy atom. The maximum atomic E-state index is 13.0. The van der Waals surface area contributed by atoms with Gasteiger partial charge >= 0.3 is 0 Å². The molecular formula is C20H24N6O2S. The summed E-state index contributed by atoms with van der Waals surface area (Å²) in [5.41, 5.74) is 2.37. The lowest BCUT2D eigenvalue weighted by atomic mass is 10.0. The molecule has 0 saturated heterocycles. The molecule has 0 unspecified atom stereocenters. The van der Waals surface area contributed by atoms with Gasteiger partial charge in [0.1, 0.15) is 5.56 Å². The van der Waals surface area contributed by atoms with Crippen molar-refractivity contribution in [2.24, 2.45) is 7.05 Å². The molecule has 29 heavy (non-hydrogen) atoms. The van der Waals surface area contributed by atoms with Crippen LogP contribution in [0, 0.1) is 6.92 Å². The van der Waals surface area contributed by atoms with E-state index >= 15 is 0 Å². The predicted molar refractivity (Wildman–Crippen MR) is 113 cm³/mol. The second-order valence-electron chi connectivity index (χ2n) is 6.99. The normalized spacial score (nSPS) is 11.1. The minimum absolute atomic E-state index is 0.160. The van der Waals surface area contributed by atoms with E-state index in [0.29, 0.717) is 28.9 Å². The Morgan fingerprint density at radius 3 is 2.76 bits per heavy atom. The van der Waals surface area contributed by atoms with Crippen LogP contribution in [-0.2, 0) is 7.05 Å². The van der Waals surface area contributed by atoms with Crippen molar-refractivity contribution < 1.29 is 4.79 Å². The number of carbonyl (C=O) groups excluding carboxylic acids is 1. The van der Waals surface area contributed by atoms with E-state index < -0.39 is 0 Å². The molecule has 2 aromatic heterocycles. The Kier molecular flexibility index (Phi) is 6.48. The highest BCUT2D eigenvalue weighted by Crippen LogP contribution is 2.18. The molecule has 0 fully saturated rings. The van der Waals surface area contributed by atoms with Crippen LogP contribution in [0.2, 0.25) is 0 Å². The molecule has 3 rings (SSSR count). The molecule has 1 aromatic carbocycles. The van der Waals surface area contributed by atoms with E-state index in [4.69, 9.17) is 0 Å². The van der Waals surface area contributed by atoms with Crippen LogP contribution in [0.25, 0.3) is 5.69 Å². The molecule has 0 aliphatic carbocycles. The fourth-order valence-electron chi connectivity index (χ4n) is 2.88. The number of carbonyl (C=O) groups is 1. The number of tetrazole rings is 1. The molecule has 0 bridgehead atoms. The molecule has 2 heterocycles. The van der Waals surface area contributed by atoms with Crippen LogP contribution in [0.3, 0.4) is 0 Å². The third kappa shape index (κ3) is 4.73. The molecule has 0 saturated carbocycles. The third-order valence-electron chi connectivity index (χ3n) is 4.54. The van der Waals surface area contributed by atoms with Crippen molar-refractivity contribution in [2.45, 2.75) is 31.8 Å². The van der Waals surface area contributed by atoms with Crippen molar-refractivity contribution in [3.8, 4) is 5.69 Å². The van der Waals surface area contributed by atoms with Crippen LogP contribution in [0.5, 0.6) is 0 Å². The average molecular weight is 413 g/mol. The van der Waals surface area contributed by atoms with Gasteiger partial charge in [-0.2, -0.15) is 0 Å². The second kappa shape index (κ2) is 9.04. The Bertz CT molecular complexity index is 1070. The first kappa shape index (κ1) is 20.8. The summed E-state index contributed by atoms with van der Waals surface area (Å²) >= 11 is 1.43. The number of nitrogens with zero attached hydrogens (tertiary/aromatic N) is 5. The summed E-state index contributed by atoms with van der Waals surface area (Å²) < 4.78 is 3.09. The van der Waals surface area contributed by atoms with E-state index in [1.54, 1.807) is 30.9 Å². The van der Waals surface area contributed by atoms with Crippen LogP contribution in [-0.4, -0.2) is 43.0 Å². The first-order valence-corrected chi connectivity index (χ1v) is 10.3. The smallest absolute Gasteiger partial charge is 0.268 e. The summed E-state index contributed by atoms with van der Waals surface area (Å²) in [5.74, 6) is 0.565. The summed E-state index contributed by atoms with van der Waals surface area (Å²) in [4.78, 5) is 25.7. The van der Waals surface area contributed by atoms with Gasteiger partial charge in [-0.15, -0.1) is 5.10 Å². The minimum Gasteiger partial charge on any atom is -0.351 e. The maximum absolute atomic E-state index is 13.0. The van der Waals surface area contributed by atoms with Gasteiger partial charge in [0.25, 0.3) is 11.5 Å². The first-order chi connectivity index (χ1) is 13.9. The van der Waals surface area contributed by atoms with E-state index in [9.17, 15) is 9.59 Å². The molecule has 1 N–H and O–H groups in total. The van der Waals surface area contributed by atoms with Crippen molar-refractivity contribution >= 4 is 17.7 Å². The Morgan fingerprint density at radius 2 is 2.07 bits per heavy atom.